The highest BCUT2D eigenvalue weighted by Gasteiger charge is 2.26. The van der Waals surface area contributed by atoms with E-state index in [1.165, 1.54) is 5.56 Å². The Hall–Kier alpha value is -2.44. The van der Waals surface area contributed by atoms with Gasteiger partial charge in [-0.2, -0.15) is 0 Å². The van der Waals surface area contributed by atoms with Gasteiger partial charge in [0.1, 0.15) is 11.4 Å². The normalized spacial score (nSPS) is 14.3. The van der Waals surface area contributed by atoms with E-state index in [4.69, 9.17) is 16.0 Å². The van der Waals surface area contributed by atoms with Gasteiger partial charge < -0.3 is 25.1 Å². The van der Waals surface area contributed by atoms with E-state index in [2.05, 4.69) is 20.6 Å². The molecule has 3 aromatic rings. The van der Waals surface area contributed by atoms with Crippen LogP contribution in [0.1, 0.15) is 25.2 Å². The third-order valence-electron chi connectivity index (χ3n) is 4.36. The maximum absolute atomic E-state index is 10.5. The number of nitrogens with one attached hydrogen (secondary N) is 3. The van der Waals surface area contributed by atoms with Crippen LogP contribution in [0.3, 0.4) is 0 Å². The topological polar surface area (TPSA) is 85.6 Å². The molecule has 144 valence electrons. The minimum Gasteiger partial charge on any atom is -0.466 e. The molecule has 0 aliphatic carbocycles. The minimum absolute atomic E-state index is 0.193. The highest BCUT2D eigenvalue weighted by molar-refractivity contribution is 6.31. The maximum Gasteiger partial charge on any atom is 0.191 e. The third kappa shape index (κ3) is 4.84. The van der Waals surface area contributed by atoms with Gasteiger partial charge >= 0.3 is 0 Å². The number of aliphatic imine (C=N–C) groups is 1. The van der Waals surface area contributed by atoms with E-state index in [1.54, 1.807) is 25.3 Å². The summed E-state index contributed by atoms with van der Waals surface area (Å²) in [4.78, 5) is 7.76. The first-order valence-electron chi connectivity index (χ1n) is 9.03. The number of aromatic amines is 1. The van der Waals surface area contributed by atoms with Gasteiger partial charge in [-0.25, -0.2) is 4.99 Å². The lowest BCUT2D eigenvalue weighted by atomic mass is 10.0. The third-order valence-corrected chi connectivity index (χ3v) is 4.59. The van der Waals surface area contributed by atoms with E-state index < -0.39 is 5.60 Å². The highest BCUT2D eigenvalue weighted by Crippen LogP contribution is 2.23. The Kier molecular flexibility index (Phi) is 6.08. The fourth-order valence-corrected chi connectivity index (χ4v) is 3.08. The summed E-state index contributed by atoms with van der Waals surface area (Å²) < 4.78 is 5.30. The van der Waals surface area contributed by atoms with Crippen molar-refractivity contribution in [2.24, 2.45) is 4.99 Å². The number of benzene rings is 1. The van der Waals surface area contributed by atoms with Crippen molar-refractivity contribution in [3.63, 3.8) is 0 Å². The predicted molar refractivity (Wildman–Crippen MR) is 109 cm³/mol. The lowest BCUT2D eigenvalue weighted by molar-refractivity contribution is 0.0437. The van der Waals surface area contributed by atoms with E-state index in [0.29, 0.717) is 18.3 Å². The molecular weight excluding hydrogens is 364 g/mol. The Bertz CT molecular complexity index is 900. The molecule has 2 aromatic heterocycles. The molecule has 0 saturated heterocycles. The Labute approximate surface area is 163 Å². The molecule has 27 heavy (non-hydrogen) atoms. The quantitative estimate of drug-likeness (QED) is 0.369. The molecule has 0 aliphatic rings. The highest BCUT2D eigenvalue weighted by atomic mass is 35.5. The van der Waals surface area contributed by atoms with Gasteiger partial charge in [0.15, 0.2) is 5.96 Å². The fraction of sp³-hybridized carbons (Fsp3) is 0.350. The number of hydrogen-bond acceptors (Lipinski definition) is 3. The molecule has 1 unspecified atom stereocenters. The van der Waals surface area contributed by atoms with Crippen molar-refractivity contribution in [3.05, 3.63) is 59.1 Å². The smallest absolute Gasteiger partial charge is 0.191 e. The summed E-state index contributed by atoms with van der Waals surface area (Å²) in [5, 5.41) is 18.9. The molecule has 0 aliphatic heterocycles. The molecule has 0 amide bonds. The van der Waals surface area contributed by atoms with Crippen LogP contribution in [0, 0.1) is 0 Å². The molecule has 7 heteroatoms. The van der Waals surface area contributed by atoms with Gasteiger partial charge in [0.2, 0.25) is 0 Å². The molecule has 0 spiro atoms. The van der Waals surface area contributed by atoms with Crippen molar-refractivity contribution in [2.45, 2.75) is 25.9 Å². The van der Waals surface area contributed by atoms with Crippen LogP contribution in [0.25, 0.3) is 10.9 Å². The second-order valence-corrected chi connectivity index (χ2v) is 7.06. The first kappa shape index (κ1) is 19.3. The zero-order valence-electron chi connectivity index (χ0n) is 15.6. The largest absolute Gasteiger partial charge is 0.466 e. The number of aliphatic hydroxyl groups is 1. The van der Waals surface area contributed by atoms with E-state index in [9.17, 15) is 5.11 Å². The summed E-state index contributed by atoms with van der Waals surface area (Å²) >= 11 is 6.11. The van der Waals surface area contributed by atoms with Crippen molar-refractivity contribution in [1.29, 1.82) is 0 Å². The first-order valence-corrected chi connectivity index (χ1v) is 9.41. The van der Waals surface area contributed by atoms with Crippen LogP contribution in [-0.4, -0.2) is 35.7 Å². The van der Waals surface area contributed by atoms with E-state index in [0.717, 1.165) is 28.9 Å². The van der Waals surface area contributed by atoms with Gasteiger partial charge in [-0.15, -0.1) is 0 Å². The van der Waals surface area contributed by atoms with Crippen LogP contribution in [0.15, 0.2) is 52.2 Å². The lowest BCUT2D eigenvalue weighted by Crippen LogP contribution is -2.39. The standard InChI is InChI=1S/C20H25ClN4O2/c1-3-22-19(25-13-20(2,26)18-5-4-10-27-18)23-9-8-14-12-24-17-7-6-15(21)11-16(14)17/h4-7,10-12,24,26H,3,8-9,13H2,1-2H3,(H2,22,23,25). The van der Waals surface area contributed by atoms with Crippen molar-refractivity contribution in [2.75, 3.05) is 19.6 Å². The van der Waals surface area contributed by atoms with Gasteiger partial charge in [0.05, 0.1) is 12.8 Å². The second-order valence-electron chi connectivity index (χ2n) is 6.63. The SMILES string of the molecule is CCNC(=NCC(C)(O)c1ccco1)NCCc1c[nH]c2ccc(Cl)cc12. The fourth-order valence-electron chi connectivity index (χ4n) is 2.91. The van der Waals surface area contributed by atoms with Gasteiger partial charge in [-0.1, -0.05) is 11.6 Å². The molecule has 2 heterocycles. The summed E-state index contributed by atoms with van der Waals surface area (Å²) in [7, 11) is 0. The van der Waals surface area contributed by atoms with Crippen LogP contribution >= 0.6 is 11.6 Å². The van der Waals surface area contributed by atoms with Crippen LogP contribution in [0.2, 0.25) is 5.02 Å². The molecule has 6 nitrogen and oxygen atoms in total. The summed E-state index contributed by atoms with van der Waals surface area (Å²) in [6.45, 7) is 5.32. The molecule has 0 saturated carbocycles. The number of halogens is 1. The zero-order valence-corrected chi connectivity index (χ0v) is 16.3. The number of H-pyrrole nitrogens is 1. The Balaban J connectivity index is 1.61. The van der Waals surface area contributed by atoms with Crippen molar-refractivity contribution >= 4 is 28.5 Å². The molecule has 4 N–H and O–H groups in total. The van der Waals surface area contributed by atoms with E-state index in [1.807, 2.05) is 31.3 Å². The van der Waals surface area contributed by atoms with Gasteiger partial charge in [-0.3, -0.25) is 0 Å². The number of fused-ring (bicyclic) bond motifs is 1. The van der Waals surface area contributed by atoms with Crippen LogP contribution in [0.5, 0.6) is 0 Å². The number of guanidine groups is 1. The lowest BCUT2D eigenvalue weighted by Gasteiger charge is -2.19. The minimum atomic E-state index is -1.15. The Morgan fingerprint density at radius 3 is 2.93 bits per heavy atom. The Morgan fingerprint density at radius 1 is 1.33 bits per heavy atom. The van der Waals surface area contributed by atoms with Crippen molar-refractivity contribution in [3.8, 4) is 0 Å². The molecule has 1 aromatic carbocycles. The monoisotopic (exact) mass is 388 g/mol. The van der Waals surface area contributed by atoms with Gasteiger partial charge in [0, 0.05) is 35.2 Å². The molecule has 0 bridgehead atoms. The molecule has 0 fully saturated rings. The van der Waals surface area contributed by atoms with Crippen molar-refractivity contribution < 1.29 is 9.52 Å². The Morgan fingerprint density at radius 2 is 2.19 bits per heavy atom. The van der Waals surface area contributed by atoms with Gasteiger partial charge in [0.25, 0.3) is 0 Å². The van der Waals surface area contributed by atoms with Crippen molar-refractivity contribution in [1.82, 2.24) is 15.6 Å². The average Bonchev–Trinajstić information content (AvgIpc) is 3.30. The first-order chi connectivity index (χ1) is 13.0. The number of hydrogen-bond donors (Lipinski definition) is 4. The average molecular weight is 389 g/mol. The zero-order chi connectivity index (χ0) is 19.3. The number of furan rings is 1. The van der Waals surface area contributed by atoms with E-state index in [-0.39, 0.29) is 6.54 Å². The van der Waals surface area contributed by atoms with Crippen LogP contribution in [-0.2, 0) is 12.0 Å². The number of rotatable bonds is 7. The second kappa shape index (κ2) is 8.50. The summed E-state index contributed by atoms with van der Waals surface area (Å²) in [5.41, 5.74) is 1.11. The molecule has 3 rings (SSSR count). The molecule has 0 radical (unpaired) electrons. The summed E-state index contributed by atoms with van der Waals surface area (Å²) in [6, 6.07) is 9.34. The van der Waals surface area contributed by atoms with Crippen LogP contribution in [0.4, 0.5) is 0 Å². The maximum atomic E-state index is 10.5. The number of aromatic nitrogens is 1. The summed E-state index contributed by atoms with van der Waals surface area (Å²) in [6.07, 6.45) is 4.37. The number of nitrogens with zero attached hydrogens (tertiary/aromatic N) is 1. The molecular formula is C20H25ClN4O2. The van der Waals surface area contributed by atoms with E-state index >= 15 is 0 Å². The predicted octanol–water partition coefficient (Wildman–Crippen LogP) is 3.42. The summed E-state index contributed by atoms with van der Waals surface area (Å²) in [5.74, 6) is 1.15. The molecule has 1 atom stereocenters. The van der Waals surface area contributed by atoms with Gasteiger partial charge in [-0.05, 0) is 56.2 Å². The van der Waals surface area contributed by atoms with Crippen LogP contribution < -0.4 is 10.6 Å².